The highest BCUT2D eigenvalue weighted by molar-refractivity contribution is 7.18. The number of fused-ring (bicyclic) bond motifs is 1. The maximum absolute atomic E-state index is 13.0. The summed E-state index contributed by atoms with van der Waals surface area (Å²) in [6, 6.07) is 17.7. The van der Waals surface area contributed by atoms with Crippen LogP contribution in [0.5, 0.6) is 0 Å². The third-order valence-electron chi connectivity index (χ3n) is 6.79. The molecular weight excluding hydrogens is 522 g/mol. The van der Waals surface area contributed by atoms with E-state index in [9.17, 15) is 9.59 Å². The third kappa shape index (κ3) is 7.01. The predicted molar refractivity (Wildman–Crippen MR) is 157 cm³/mol. The first-order valence-corrected chi connectivity index (χ1v) is 14.4. The van der Waals surface area contributed by atoms with Gasteiger partial charge in [-0.2, -0.15) is 5.10 Å². The number of carbonyl (C=O) groups is 2. The van der Waals surface area contributed by atoms with E-state index in [1.165, 1.54) is 0 Å². The summed E-state index contributed by atoms with van der Waals surface area (Å²) in [7, 11) is 1.65. The highest BCUT2D eigenvalue weighted by atomic mass is 32.1. The first-order chi connectivity index (χ1) is 19.6. The van der Waals surface area contributed by atoms with Crippen LogP contribution in [0.2, 0.25) is 0 Å². The van der Waals surface area contributed by atoms with E-state index in [4.69, 9.17) is 0 Å². The maximum Gasteiger partial charge on any atom is 0.221 e. The standard InChI is InChI=1S/C30H33N7O2S/c1-31-27(38)11-4-2-3-9-24(34-28(39)16-17-29-35-23-8-5-6-10-26(23)40-29)30-32-20-25(36-30)21-12-14-22(15-13-21)37-19-7-18-33-37/h5-8,10,12-15,18-20,24H,2-4,9,11,16-17H2,1H3,(H,31,38)(H,32,36)(H,34,39)/t24-/m0/s1. The smallest absolute Gasteiger partial charge is 0.221 e. The number of unbranched alkanes of at least 4 members (excludes halogenated alkanes) is 2. The van der Waals surface area contributed by atoms with E-state index in [-0.39, 0.29) is 17.9 Å². The number of para-hydroxylation sites is 1. The van der Waals surface area contributed by atoms with Crippen molar-refractivity contribution >= 4 is 33.4 Å². The number of hydrogen-bond donors (Lipinski definition) is 3. The molecule has 3 heterocycles. The van der Waals surface area contributed by atoms with Gasteiger partial charge in [-0.05, 0) is 48.7 Å². The summed E-state index contributed by atoms with van der Waals surface area (Å²) >= 11 is 1.63. The van der Waals surface area contributed by atoms with Crippen molar-refractivity contribution in [2.24, 2.45) is 0 Å². The van der Waals surface area contributed by atoms with Crippen LogP contribution in [-0.4, -0.2) is 43.6 Å². The largest absolute Gasteiger partial charge is 0.359 e. The van der Waals surface area contributed by atoms with E-state index < -0.39 is 0 Å². The topological polar surface area (TPSA) is 118 Å². The van der Waals surface area contributed by atoms with Crippen molar-refractivity contribution in [3.05, 3.63) is 84.0 Å². The Kier molecular flexibility index (Phi) is 8.97. The minimum atomic E-state index is -0.250. The van der Waals surface area contributed by atoms with Crippen molar-refractivity contribution in [2.75, 3.05) is 7.05 Å². The number of thiazole rings is 1. The van der Waals surface area contributed by atoms with Gasteiger partial charge in [-0.25, -0.2) is 14.6 Å². The molecule has 0 unspecified atom stereocenters. The van der Waals surface area contributed by atoms with Gasteiger partial charge in [0.15, 0.2) is 0 Å². The number of aromatic amines is 1. The molecule has 0 fully saturated rings. The summed E-state index contributed by atoms with van der Waals surface area (Å²) in [4.78, 5) is 37.3. The first kappa shape index (κ1) is 27.3. The van der Waals surface area contributed by atoms with Gasteiger partial charge in [0.25, 0.3) is 0 Å². The summed E-state index contributed by atoms with van der Waals surface area (Å²) in [6.45, 7) is 0. The first-order valence-electron chi connectivity index (χ1n) is 13.6. The number of rotatable bonds is 13. The number of aromatic nitrogens is 5. The summed E-state index contributed by atoms with van der Waals surface area (Å²) in [5, 5.41) is 11.1. The van der Waals surface area contributed by atoms with Gasteiger partial charge in [0, 0.05) is 38.7 Å². The number of nitrogens with one attached hydrogen (secondary N) is 3. The lowest BCUT2D eigenvalue weighted by atomic mass is 10.1. The molecule has 0 saturated heterocycles. The molecule has 1 atom stereocenters. The molecule has 9 nitrogen and oxygen atoms in total. The fourth-order valence-electron chi connectivity index (χ4n) is 4.60. The van der Waals surface area contributed by atoms with E-state index in [0.717, 1.165) is 63.7 Å². The van der Waals surface area contributed by atoms with Gasteiger partial charge in [-0.1, -0.05) is 37.1 Å². The van der Waals surface area contributed by atoms with E-state index in [1.807, 2.05) is 65.6 Å². The van der Waals surface area contributed by atoms with Crippen LogP contribution in [0.25, 0.3) is 27.2 Å². The molecule has 0 bridgehead atoms. The Hall–Kier alpha value is -4.31. The second-order valence-corrected chi connectivity index (χ2v) is 10.8. The van der Waals surface area contributed by atoms with Crippen molar-refractivity contribution in [2.45, 2.75) is 51.0 Å². The van der Waals surface area contributed by atoms with Crippen molar-refractivity contribution in [3.63, 3.8) is 0 Å². The average Bonchev–Trinajstić information content (AvgIpc) is 3.76. The number of hydrogen-bond acceptors (Lipinski definition) is 6. The minimum Gasteiger partial charge on any atom is -0.359 e. The maximum atomic E-state index is 13.0. The SMILES string of the molecule is CNC(=O)CCCCC[C@H](NC(=O)CCc1nc2ccccc2s1)c1ncc(-c2ccc(-n3cccn3)cc2)[nH]1. The van der Waals surface area contributed by atoms with Crippen molar-refractivity contribution in [1.29, 1.82) is 0 Å². The highest BCUT2D eigenvalue weighted by Gasteiger charge is 2.19. The summed E-state index contributed by atoms with van der Waals surface area (Å²) in [5.74, 6) is 0.746. The minimum absolute atomic E-state index is 0.0313. The molecule has 2 aromatic carbocycles. The van der Waals surface area contributed by atoms with E-state index >= 15 is 0 Å². The number of benzene rings is 2. The molecule has 0 saturated carbocycles. The van der Waals surface area contributed by atoms with Crippen LogP contribution in [0, 0.1) is 0 Å². The molecule has 0 aliphatic heterocycles. The molecule has 5 aromatic rings. The predicted octanol–water partition coefficient (Wildman–Crippen LogP) is 5.36. The Morgan fingerprint density at radius 1 is 1.00 bits per heavy atom. The summed E-state index contributed by atoms with van der Waals surface area (Å²) in [5.41, 5.74) is 3.83. The fraction of sp³-hybridized carbons (Fsp3) is 0.300. The van der Waals surface area contributed by atoms with Gasteiger partial charge in [-0.3, -0.25) is 9.59 Å². The fourth-order valence-corrected chi connectivity index (χ4v) is 5.57. The molecule has 206 valence electrons. The molecular formula is C30H33N7O2S. The molecule has 2 amide bonds. The van der Waals surface area contributed by atoms with Crippen molar-refractivity contribution < 1.29 is 9.59 Å². The highest BCUT2D eigenvalue weighted by Crippen LogP contribution is 2.25. The number of carbonyl (C=O) groups excluding carboxylic acids is 2. The van der Waals surface area contributed by atoms with Crippen LogP contribution in [0.3, 0.4) is 0 Å². The van der Waals surface area contributed by atoms with Gasteiger partial charge in [-0.15, -0.1) is 11.3 Å². The number of imidazole rings is 1. The quantitative estimate of drug-likeness (QED) is 0.169. The van der Waals surface area contributed by atoms with Crippen LogP contribution in [0.4, 0.5) is 0 Å². The second-order valence-electron chi connectivity index (χ2n) is 9.65. The molecule has 0 spiro atoms. The molecule has 5 rings (SSSR count). The van der Waals surface area contributed by atoms with Gasteiger partial charge in [0.05, 0.1) is 38.8 Å². The van der Waals surface area contributed by atoms with Crippen molar-refractivity contribution in [1.82, 2.24) is 35.4 Å². The van der Waals surface area contributed by atoms with E-state index in [1.54, 1.807) is 24.6 Å². The summed E-state index contributed by atoms with van der Waals surface area (Å²) in [6.07, 6.45) is 10.2. The second kappa shape index (κ2) is 13.2. The average molecular weight is 556 g/mol. The number of H-pyrrole nitrogens is 1. The Morgan fingerprint density at radius 3 is 2.62 bits per heavy atom. The Balaban J connectivity index is 1.23. The normalized spacial score (nSPS) is 11.9. The monoisotopic (exact) mass is 555 g/mol. The van der Waals surface area contributed by atoms with Crippen LogP contribution in [0.15, 0.2) is 73.2 Å². The molecule has 0 aliphatic carbocycles. The molecule has 0 aliphatic rings. The van der Waals surface area contributed by atoms with Crippen LogP contribution < -0.4 is 10.6 Å². The third-order valence-corrected chi connectivity index (χ3v) is 7.88. The zero-order chi connectivity index (χ0) is 27.7. The lowest BCUT2D eigenvalue weighted by molar-refractivity contribution is -0.122. The zero-order valence-electron chi connectivity index (χ0n) is 22.5. The number of nitrogens with zero attached hydrogens (tertiary/aromatic N) is 4. The van der Waals surface area contributed by atoms with E-state index in [0.29, 0.717) is 19.3 Å². The van der Waals surface area contributed by atoms with Crippen LogP contribution in [0.1, 0.15) is 55.4 Å². The zero-order valence-corrected chi connectivity index (χ0v) is 23.3. The van der Waals surface area contributed by atoms with Gasteiger partial charge >= 0.3 is 0 Å². The molecule has 3 N–H and O–H groups in total. The number of amides is 2. The molecule has 3 aromatic heterocycles. The van der Waals surface area contributed by atoms with Crippen molar-refractivity contribution in [3.8, 4) is 16.9 Å². The van der Waals surface area contributed by atoms with Gasteiger partial charge in [0.1, 0.15) is 5.82 Å². The van der Waals surface area contributed by atoms with Crippen LogP contribution in [-0.2, 0) is 16.0 Å². The Morgan fingerprint density at radius 2 is 1.85 bits per heavy atom. The molecule has 40 heavy (non-hydrogen) atoms. The lowest BCUT2D eigenvalue weighted by Gasteiger charge is -2.17. The Bertz CT molecular complexity index is 1510. The van der Waals surface area contributed by atoms with Crippen LogP contribution >= 0.6 is 11.3 Å². The van der Waals surface area contributed by atoms with Gasteiger partial charge < -0.3 is 15.6 Å². The summed E-state index contributed by atoms with van der Waals surface area (Å²) < 4.78 is 2.94. The molecule has 0 radical (unpaired) electrons. The Labute approximate surface area is 237 Å². The van der Waals surface area contributed by atoms with Gasteiger partial charge in [0.2, 0.25) is 11.8 Å². The van der Waals surface area contributed by atoms with E-state index in [2.05, 4.69) is 36.8 Å². The lowest BCUT2D eigenvalue weighted by Crippen LogP contribution is -2.29. The molecule has 10 heteroatoms. The number of aryl methyl sites for hydroxylation is 1.